The molecular formula is C36H52N2O6S. The fourth-order valence-corrected chi connectivity index (χ4v) is 5.60. The van der Waals surface area contributed by atoms with Crippen molar-refractivity contribution in [2.75, 3.05) is 24.2 Å². The molecule has 2 amide bonds. The number of carbonyl (C=O) groups excluding carboxylic acids is 2. The molecule has 0 aromatic heterocycles. The first kappa shape index (κ1) is 39.3. The lowest BCUT2D eigenvalue weighted by Gasteiger charge is -2.29. The third-order valence-corrected chi connectivity index (χ3v) is 8.76. The zero-order valence-corrected chi connectivity index (χ0v) is 28.0. The highest BCUT2D eigenvalue weighted by Crippen LogP contribution is 2.33. The van der Waals surface area contributed by atoms with Gasteiger partial charge >= 0.3 is 12.1 Å². The van der Waals surface area contributed by atoms with Gasteiger partial charge in [-0.15, -0.1) is 11.8 Å². The summed E-state index contributed by atoms with van der Waals surface area (Å²) in [6.07, 6.45) is 30.7. The van der Waals surface area contributed by atoms with Crippen LogP contribution in [0.3, 0.4) is 0 Å². The van der Waals surface area contributed by atoms with E-state index in [1.807, 2.05) is 13.8 Å². The average Bonchev–Trinajstić information content (AvgIpc) is 3.03. The Balaban J connectivity index is 2.24. The summed E-state index contributed by atoms with van der Waals surface area (Å²) in [5.41, 5.74) is -0.157. The molecule has 0 fully saturated rings. The minimum Gasteiger partial charge on any atom is -0.507 e. The van der Waals surface area contributed by atoms with Gasteiger partial charge in [-0.25, -0.2) is 9.59 Å². The Kier molecular flexibility index (Phi) is 21.5. The van der Waals surface area contributed by atoms with Gasteiger partial charge in [0.15, 0.2) is 0 Å². The molecule has 0 saturated heterocycles. The van der Waals surface area contributed by atoms with E-state index in [1.165, 1.54) is 12.1 Å². The van der Waals surface area contributed by atoms with Crippen molar-refractivity contribution in [3.8, 4) is 5.75 Å². The average molecular weight is 641 g/mol. The summed E-state index contributed by atoms with van der Waals surface area (Å²) in [6, 6.07) is 3.68. The lowest BCUT2D eigenvalue weighted by Crippen LogP contribution is -2.45. The fraction of sp³-hybridized carbons (Fsp3) is 0.472. The van der Waals surface area contributed by atoms with Gasteiger partial charge < -0.3 is 20.3 Å². The minimum atomic E-state index is -1.31. The van der Waals surface area contributed by atoms with Crippen LogP contribution in [0.4, 0.5) is 10.5 Å². The van der Waals surface area contributed by atoms with Crippen LogP contribution in [0.2, 0.25) is 0 Å². The number of hydrogen-bond acceptors (Lipinski definition) is 6. The van der Waals surface area contributed by atoms with Crippen molar-refractivity contribution >= 4 is 35.4 Å². The van der Waals surface area contributed by atoms with E-state index in [9.17, 15) is 19.5 Å². The van der Waals surface area contributed by atoms with Gasteiger partial charge in [0, 0.05) is 5.69 Å². The first-order valence-corrected chi connectivity index (χ1v) is 16.9. The number of rotatable bonds is 23. The molecule has 0 bridgehead atoms. The predicted octanol–water partition coefficient (Wildman–Crippen LogP) is 8.97. The van der Waals surface area contributed by atoms with Crippen LogP contribution in [0.1, 0.15) is 95.3 Å². The van der Waals surface area contributed by atoms with Crippen molar-refractivity contribution in [2.45, 2.75) is 89.7 Å². The SMILES string of the molecule is CCC=CCC=CCC=CCC=CCC=CCCCCSC(CC)(CC)C(=O)NCCOC(=O)Nc1ccc(O)c(C(=O)O)c1. The quantitative estimate of drug-likeness (QED) is 0.0534. The molecule has 0 heterocycles. The van der Waals surface area contributed by atoms with Crippen molar-refractivity contribution in [1.82, 2.24) is 5.32 Å². The van der Waals surface area contributed by atoms with E-state index in [-0.39, 0.29) is 30.3 Å². The zero-order valence-electron chi connectivity index (χ0n) is 27.1. The van der Waals surface area contributed by atoms with Gasteiger partial charge in [0.2, 0.25) is 5.91 Å². The van der Waals surface area contributed by atoms with Gasteiger partial charge in [-0.3, -0.25) is 10.1 Å². The van der Waals surface area contributed by atoms with Gasteiger partial charge in [-0.05, 0) is 88.2 Å². The number of aromatic hydroxyl groups is 1. The van der Waals surface area contributed by atoms with Gasteiger partial charge in [0.1, 0.15) is 17.9 Å². The molecule has 0 unspecified atom stereocenters. The molecule has 4 N–H and O–H groups in total. The fourth-order valence-electron chi connectivity index (χ4n) is 4.25. The number of benzene rings is 1. The summed E-state index contributed by atoms with van der Waals surface area (Å²) >= 11 is 1.69. The smallest absolute Gasteiger partial charge is 0.411 e. The number of aromatic carboxylic acids is 1. The molecule has 45 heavy (non-hydrogen) atoms. The maximum absolute atomic E-state index is 13.0. The van der Waals surface area contributed by atoms with E-state index < -0.39 is 22.6 Å². The Morgan fingerprint density at radius 2 is 1.42 bits per heavy atom. The van der Waals surface area contributed by atoms with Crippen LogP contribution in [-0.4, -0.2) is 51.8 Å². The van der Waals surface area contributed by atoms with Crippen LogP contribution in [0.25, 0.3) is 0 Å². The molecule has 0 radical (unpaired) electrons. The van der Waals surface area contributed by atoms with Crippen LogP contribution in [0.5, 0.6) is 5.75 Å². The van der Waals surface area contributed by atoms with Crippen molar-refractivity contribution in [1.29, 1.82) is 0 Å². The summed E-state index contributed by atoms with van der Waals surface area (Å²) in [6.45, 7) is 6.29. The number of carboxylic acid groups (broad SMARTS) is 1. The van der Waals surface area contributed by atoms with E-state index >= 15 is 0 Å². The molecule has 0 aliphatic heterocycles. The highest BCUT2D eigenvalue weighted by atomic mass is 32.2. The summed E-state index contributed by atoms with van der Waals surface area (Å²) in [5, 5.41) is 24.0. The highest BCUT2D eigenvalue weighted by molar-refractivity contribution is 8.01. The molecular weight excluding hydrogens is 588 g/mol. The van der Waals surface area contributed by atoms with Gasteiger partial charge in [-0.2, -0.15) is 0 Å². The Hall–Kier alpha value is -3.72. The predicted molar refractivity (Wildman–Crippen MR) is 187 cm³/mol. The van der Waals surface area contributed by atoms with E-state index in [1.54, 1.807) is 11.8 Å². The lowest BCUT2D eigenvalue weighted by molar-refractivity contribution is -0.123. The van der Waals surface area contributed by atoms with Gasteiger partial charge in [0.25, 0.3) is 0 Å². The number of carbonyl (C=O) groups is 3. The second kappa shape index (κ2) is 24.6. The zero-order chi connectivity index (χ0) is 33.2. The van der Waals surface area contributed by atoms with Gasteiger partial charge in [0.05, 0.1) is 11.3 Å². The largest absolute Gasteiger partial charge is 0.507 e. The minimum absolute atomic E-state index is 0.0388. The number of thioether (sulfide) groups is 1. The normalized spacial score (nSPS) is 12.2. The van der Waals surface area contributed by atoms with Crippen molar-refractivity contribution in [3.05, 3.63) is 84.5 Å². The Morgan fingerprint density at radius 3 is 1.98 bits per heavy atom. The molecule has 248 valence electrons. The Labute approximate surface area is 273 Å². The first-order chi connectivity index (χ1) is 21.8. The van der Waals surface area contributed by atoms with Crippen LogP contribution >= 0.6 is 11.8 Å². The summed E-state index contributed by atoms with van der Waals surface area (Å²) in [5.74, 6) is -0.888. The van der Waals surface area contributed by atoms with E-state index in [0.717, 1.165) is 63.2 Å². The number of carboxylic acids is 1. The van der Waals surface area contributed by atoms with E-state index in [0.29, 0.717) is 12.8 Å². The number of amides is 2. The Morgan fingerprint density at radius 1 is 0.844 bits per heavy atom. The topological polar surface area (TPSA) is 125 Å². The molecule has 0 aliphatic rings. The Bertz CT molecular complexity index is 1170. The summed E-state index contributed by atoms with van der Waals surface area (Å²) in [7, 11) is 0. The molecule has 0 atom stereocenters. The first-order valence-electron chi connectivity index (χ1n) is 16.0. The third kappa shape index (κ3) is 17.4. The van der Waals surface area contributed by atoms with Crippen molar-refractivity contribution in [3.63, 3.8) is 0 Å². The number of hydrogen-bond donors (Lipinski definition) is 4. The molecule has 0 aliphatic carbocycles. The standard InChI is InChI=1S/C36H52N2O6S/c1-4-7-8-9-10-11-12-13-14-15-16-17-18-19-20-21-22-23-28-45-36(5-2,6-3)34(42)37-26-27-44-35(43)38-30-24-25-32(39)31(29-30)33(40)41/h7-8,10-11,13-14,16-17,19-20,24-25,29,39H,4-6,9,12,15,18,21-23,26-28H2,1-3H3,(H,37,42)(H,38,43)(H,40,41). The maximum Gasteiger partial charge on any atom is 0.411 e. The number of unbranched alkanes of at least 4 members (excludes halogenated alkanes) is 2. The van der Waals surface area contributed by atoms with Crippen LogP contribution in [0.15, 0.2) is 79.0 Å². The van der Waals surface area contributed by atoms with Gasteiger partial charge in [-0.1, -0.05) is 81.5 Å². The number of phenols is 1. The van der Waals surface area contributed by atoms with E-state index in [4.69, 9.17) is 9.84 Å². The molecule has 1 aromatic rings. The molecule has 1 aromatic carbocycles. The second-order valence-electron chi connectivity index (χ2n) is 10.3. The highest BCUT2D eigenvalue weighted by Gasteiger charge is 2.34. The number of allylic oxidation sites excluding steroid dienone is 10. The molecule has 1 rings (SSSR count). The molecule has 0 spiro atoms. The maximum atomic E-state index is 13.0. The van der Waals surface area contributed by atoms with Crippen molar-refractivity contribution in [2.24, 2.45) is 0 Å². The van der Waals surface area contributed by atoms with Crippen LogP contribution in [-0.2, 0) is 9.53 Å². The van der Waals surface area contributed by atoms with Crippen molar-refractivity contribution < 1.29 is 29.3 Å². The van der Waals surface area contributed by atoms with Crippen LogP contribution in [0, 0.1) is 0 Å². The third-order valence-electron chi connectivity index (χ3n) is 6.95. The molecule has 8 nitrogen and oxygen atoms in total. The lowest BCUT2D eigenvalue weighted by atomic mass is 10.0. The number of nitrogens with one attached hydrogen (secondary N) is 2. The monoisotopic (exact) mass is 640 g/mol. The number of ether oxygens (including phenoxy) is 1. The second-order valence-corrected chi connectivity index (χ2v) is 11.8. The van der Waals surface area contributed by atoms with E-state index in [2.05, 4.69) is 78.3 Å². The molecule has 0 saturated carbocycles. The number of anilines is 1. The summed E-state index contributed by atoms with van der Waals surface area (Å²) < 4.78 is 4.58. The van der Waals surface area contributed by atoms with Crippen LogP contribution < -0.4 is 10.6 Å². The molecule has 9 heteroatoms. The summed E-state index contributed by atoms with van der Waals surface area (Å²) in [4.78, 5) is 36.2.